The zero-order chi connectivity index (χ0) is 12.9. The highest BCUT2D eigenvalue weighted by molar-refractivity contribution is 7.15. The Labute approximate surface area is 106 Å². The van der Waals surface area contributed by atoms with Gasteiger partial charge in [-0.05, 0) is 27.2 Å². The van der Waals surface area contributed by atoms with Crippen LogP contribution >= 0.6 is 11.3 Å². The first kappa shape index (κ1) is 13.9. The van der Waals surface area contributed by atoms with Crippen molar-refractivity contribution in [3.8, 4) is 0 Å². The average molecular weight is 257 g/mol. The van der Waals surface area contributed by atoms with Crippen LogP contribution in [-0.2, 0) is 9.53 Å². The van der Waals surface area contributed by atoms with Gasteiger partial charge in [0.25, 0.3) is 0 Å². The summed E-state index contributed by atoms with van der Waals surface area (Å²) in [5.74, 6) is -0.157. The number of ether oxygens (including phenoxy) is 1. The first-order chi connectivity index (χ1) is 7.95. The Kier molecular flexibility index (Phi) is 4.86. The third-order valence-electron chi connectivity index (χ3n) is 2.57. The lowest BCUT2D eigenvalue weighted by Gasteiger charge is -2.20. The molecule has 0 radical (unpaired) electrons. The molecule has 0 aliphatic carbocycles. The van der Waals surface area contributed by atoms with E-state index in [-0.39, 0.29) is 5.97 Å². The number of hydrogen-bond acceptors (Lipinski definition) is 6. The van der Waals surface area contributed by atoms with E-state index in [0.717, 1.165) is 16.6 Å². The molecule has 0 bridgehead atoms. The molecule has 0 fully saturated rings. The lowest BCUT2D eigenvalue weighted by molar-refractivity contribution is -0.153. The van der Waals surface area contributed by atoms with Crippen molar-refractivity contribution in [2.45, 2.75) is 34.1 Å². The minimum Gasteiger partial charge on any atom is -0.463 e. The third kappa shape index (κ3) is 4.30. The number of rotatable bonds is 6. The molecule has 1 heterocycles. The highest BCUT2D eigenvalue weighted by Crippen LogP contribution is 2.21. The van der Waals surface area contributed by atoms with Crippen LogP contribution in [-0.4, -0.2) is 29.3 Å². The molecular formula is C11H19N3O2S. The largest absolute Gasteiger partial charge is 0.463 e. The maximum Gasteiger partial charge on any atom is 0.311 e. The molecule has 0 atom stereocenters. The van der Waals surface area contributed by atoms with Gasteiger partial charge in [0, 0.05) is 0 Å². The lowest BCUT2D eigenvalue weighted by Crippen LogP contribution is -2.27. The van der Waals surface area contributed by atoms with Gasteiger partial charge in [0.1, 0.15) is 11.6 Å². The molecule has 0 unspecified atom stereocenters. The van der Waals surface area contributed by atoms with Crippen LogP contribution in [0, 0.1) is 12.3 Å². The van der Waals surface area contributed by atoms with Crippen molar-refractivity contribution in [3.05, 3.63) is 5.01 Å². The van der Waals surface area contributed by atoms with Gasteiger partial charge < -0.3 is 10.1 Å². The second-order valence-electron chi connectivity index (χ2n) is 4.43. The van der Waals surface area contributed by atoms with E-state index in [4.69, 9.17) is 4.74 Å². The fraction of sp³-hybridized carbons (Fsp3) is 0.727. The highest BCUT2D eigenvalue weighted by Gasteiger charge is 2.26. The summed E-state index contributed by atoms with van der Waals surface area (Å²) in [6.07, 6.45) is 0.773. The van der Waals surface area contributed by atoms with E-state index >= 15 is 0 Å². The van der Waals surface area contributed by atoms with Crippen LogP contribution in [0.15, 0.2) is 0 Å². The first-order valence-electron chi connectivity index (χ1n) is 5.67. The minimum atomic E-state index is -0.403. The van der Waals surface area contributed by atoms with Crippen molar-refractivity contribution in [3.63, 3.8) is 0 Å². The first-order valence-corrected chi connectivity index (χ1v) is 6.48. The molecule has 96 valence electrons. The van der Waals surface area contributed by atoms with Crippen LogP contribution in [0.25, 0.3) is 0 Å². The Hall–Kier alpha value is -1.17. The molecule has 0 aliphatic heterocycles. The van der Waals surface area contributed by atoms with Crippen LogP contribution < -0.4 is 5.32 Å². The maximum absolute atomic E-state index is 11.6. The molecule has 0 aliphatic rings. The molecule has 1 aromatic heterocycles. The molecule has 1 aromatic rings. The van der Waals surface area contributed by atoms with Gasteiger partial charge in [0.15, 0.2) is 0 Å². The van der Waals surface area contributed by atoms with Gasteiger partial charge in [-0.3, -0.25) is 4.79 Å². The van der Waals surface area contributed by atoms with Gasteiger partial charge in [-0.2, -0.15) is 0 Å². The van der Waals surface area contributed by atoms with Crippen molar-refractivity contribution in [2.24, 2.45) is 5.41 Å². The van der Waals surface area contributed by atoms with Crippen LogP contribution in [0.5, 0.6) is 0 Å². The predicted molar refractivity (Wildman–Crippen MR) is 68.2 cm³/mol. The fourth-order valence-corrected chi connectivity index (χ4v) is 1.63. The molecule has 0 saturated carbocycles. The molecule has 17 heavy (non-hydrogen) atoms. The normalized spacial score (nSPS) is 11.3. The summed E-state index contributed by atoms with van der Waals surface area (Å²) in [7, 11) is 0. The van der Waals surface area contributed by atoms with Crippen molar-refractivity contribution in [2.75, 3.05) is 18.5 Å². The quantitative estimate of drug-likeness (QED) is 0.625. The van der Waals surface area contributed by atoms with E-state index in [1.165, 1.54) is 11.3 Å². The topological polar surface area (TPSA) is 64.1 Å². The van der Waals surface area contributed by atoms with Gasteiger partial charge in [-0.15, -0.1) is 10.2 Å². The number of carbonyl (C=O) groups excluding carboxylic acids is 1. The van der Waals surface area contributed by atoms with E-state index in [0.29, 0.717) is 13.2 Å². The molecule has 0 amide bonds. The van der Waals surface area contributed by atoms with E-state index in [2.05, 4.69) is 15.5 Å². The SMILES string of the molecule is CCC(C)(C)C(=O)OCCNc1nnc(C)s1. The second kappa shape index (κ2) is 5.95. The van der Waals surface area contributed by atoms with Crippen molar-refractivity contribution >= 4 is 22.4 Å². The van der Waals surface area contributed by atoms with E-state index in [1.54, 1.807) is 0 Å². The molecule has 0 aromatic carbocycles. The summed E-state index contributed by atoms with van der Waals surface area (Å²) in [5, 5.41) is 12.5. The standard InChI is InChI=1S/C11H19N3O2S/c1-5-11(3,4)9(15)16-7-6-12-10-14-13-8(2)17-10/h5-7H2,1-4H3,(H,12,14). The van der Waals surface area contributed by atoms with Gasteiger partial charge in [0.2, 0.25) is 5.13 Å². The minimum absolute atomic E-state index is 0.157. The number of aryl methyl sites for hydroxylation is 1. The van der Waals surface area contributed by atoms with Crippen LogP contribution in [0.2, 0.25) is 0 Å². The molecule has 0 saturated heterocycles. The number of esters is 1. The number of hydrogen-bond donors (Lipinski definition) is 1. The summed E-state index contributed by atoms with van der Waals surface area (Å²) in [5.41, 5.74) is -0.403. The monoisotopic (exact) mass is 257 g/mol. The van der Waals surface area contributed by atoms with Crippen LogP contribution in [0.3, 0.4) is 0 Å². The predicted octanol–water partition coefficient (Wildman–Crippen LogP) is 2.24. The lowest BCUT2D eigenvalue weighted by atomic mass is 9.91. The third-order valence-corrected chi connectivity index (χ3v) is 3.37. The number of carbonyl (C=O) groups is 1. The van der Waals surface area contributed by atoms with Gasteiger partial charge >= 0.3 is 5.97 Å². The number of aromatic nitrogens is 2. The summed E-state index contributed by atoms with van der Waals surface area (Å²) in [4.78, 5) is 11.6. The summed E-state index contributed by atoms with van der Waals surface area (Å²) in [6, 6.07) is 0. The fourth-order valence-electron chi connectivity index (χ4n) is 1.01. The average Bonchev–Trinajstić information content (AvgIpc) is 2.70. The second-order valence-corrected chi connectivity index (χ2v) is 5.61. The van der Waals surface area contributed by atoms with E-state index in [9.17, 15) is 4.79 Å². The zero-order valence-electron chi connectivity index (χ0n) is 10.7. The van der Waals surface area contributed by atoms with Crippen LogP contribution in [0.1, 0.15) is 32.2 Å². The summed E-state index contributed by atoms with van der Waals surface area (Å²) >= 11 is 1.48. The number of nitrogens with one attached hydrogen (secondary N) is 1. The maximum atomic E-state index is 11.6. The van der Waals surface area contributed by atoms with Crippen molar-refractivity contribution in [1.82, 2.24) is 10.2 Å². The molecule has 0 spiro atoms. The highest BCUT2D eigenvalue weighted by atomic mass is 32.1. The van der Waals surface area contributed by atoms with Gasteiger partial charge in [-0.25, -0.2) is 0 Å². The van der Waals surface area contributed by atoms with E-state index in [1.807, 2.05) is 27.7 Å². The van der Waals surface area contributed by atoms with E-state index < -0.39 is 5.41 Å². The van der Waals surface area contributed by atoms with Gasteiger partial charge in [-0.1, -0.05) is 18.3 Å². The van der Waals surface area contributed by atoms with Crippen molar-refractivity contribution < 1.29 is 9.53 Å². The molecular weight excluding hydrogens is 238 g/mol. The Morgan fingerprint density at radius 3 is 2.71 bits per heavy atom. The Morgan fingerprint density at radius 1 is 1.47 bits per heavy atom. The summed E-state index contributed by atoms with van der Waals surface area (Å²) < 4.78 is 5.18. The Morgan fingerprint density at radius 2 is 2.18 bits per heavy atom. The Balaban J connectivity index is 2.23. The molecule has 1 rings (SSSR count). The number of anilines is 1. The Bertz CT molecular complexity index is 377. The summed E-state index contributed by atoms with van der Waals surface area (Å²) in [6.45, 7) is 8.55. The molecule has 5 nitrogen and oxygen atoms in total. The molecule has 6 heteroatoms. The number of nitrogens with zero attached hydrogens (tertiary/aromatic N) is 2. The van der Waals surface area contributed by atoms with Crippen LogP contribution in [0.4, 0.5) is 5.13 Å². The smallest absolute Gasteiger partial charge is 0.311 e. The van der Waals surface area contributed by atoms with Gasteiger partial charge in [0.05, 0.1) is 12.0 Å². The zero-order valence-corrected chi connectivity index (χ0v) is 11.6. The molecule has 1 N–H and O–H groups in total. The van der Waals surface area contributed by atoms with Crippen molar-refractivity contribution in [1.29, 1.82) is 0 Å².